The van der Waals surface area contributed by atoms with Crippen LogP contribution in [0.4, 0.5) is 0 Å². The van der Waals surface area contributed by atoms with Crippen LogP contribution >= 0.6 is 0 Å². The van der Waals surface area contributed by atoms with Crippen LogP contribution in [0.3, 0.4) is 0 Å². The molecule has 0 radical (unpaired) electrons. The zero-order valence-corrected chi connectivity index (χ0v) is 16.5. The normalized spacial score (nSPS) is 15.6. The summed E-state index contributed by atoms with van der Waals surface area (Å²) in [4.78, 5) is 17.0. The molecule has 0 amide bonds. The summed E-state index contributed by atoms with van der Waals surface area (Å²) in [5.74, 6) is 2.26. The van der Waals surface area contributed by atoms with Gasteiger partial charge in [-0.25, -0.2) is 0 Å². The summed E-state index contributed by atoms with van der Waals surface area (Å²) < 4.78 is 6.05. The standard InChI is InChI=1S/C25H26N2O2/c28-25-22(8-6-16-26-25)19-27-17-14-20(15-18-27)12-13-21-7-4-5-11-24(21)29-23-9-2-1-3-10-23/h1-13,16,20H,14-15,17-19H2,(H,26,28)/b13-12+. The molecule has 1 aliphatic rings. The van der Waals surface area contributed by atoms with Gasteiger partial charge in [0.25, 0.3) is 5.56 Å². The molecule has 0 atom stereocenters. The van der Waals surface area contributed by atoms with Crippen LogP contribution in [-0.4, -0.2) is 23.0 Å². The molecule has 0 unspecified atom stereocenters. The van der Waals surface area contributed by atoms with Crippen molar-refractivity contribution >= 4 is 6.08 Å². The van der Waals surface area contributed by atoms with Crippen LogP contribution in [0.5, 0.6) is 11.5 Å². The fourth-order valence-corrected chi connectivity index (χ4v) is 3.69. The SMILES string of the molecule is O=c1[nH]cccc1CN1CCC(/C=C/c2ccccc2Oc2ccccc2)CC1. The Morgan fingerprint density at radius 3 is 2.52 bits per heavy atom. The number of nitrogens with one attached hydrogen (secondary N) is 1. The molecule has 2 aromatic carbocycles. The number of aromatic nitrogens is 1. The minimum absolute atomic E-state index is 0.0181. The fourth-order valence-electron chi connectivity index (χ4n) is 3.69. The van der Waals surface area contributed by atoms with Crippen molar-refractivity contribution in [1.29, 1.82) is 0 Å². The average Bonchev–Trinajstić information content (AvgIpc) is 2.76. The van der Waals surface area contributed by atoms with Crippen molar-refractivity contribution in [3.63, 3.8) is 0 Å². The fraction of sp³-hybridized carbons (Fsp3) is 0.240. The number of nitrogens with zero attached hydrogens (tertiary/aromatic N) is 1. The van der Waals surface area contributed by atoms with Gasteiger partial charge in [-0.15, -0.1) is 0 Å². The molecule has 1 aliphatic heterocycles. The van der Waals surface area contributed by atoms with E-state index in [1.165, 1.54) is 0 Å². The lowest BCUT2D eigenvalue weighted by Crippen LogP contribution is -2.34. The van der Waals surface area contributed by atoms with Crippen molar-refractivity contribution in [3.05, 3.63) is 100 Å². The highest BCUT2D eigenvalue weighted by atomic mass is 16.5. The van der Waals surface area contributed by atoms with Crippen LogP contribution < -0.4 is 10.3 Å². The molecule has 4 heteroatoms. The number of aromatic amines is 1. The molecular formula is C25H26N2O2. The number of likely N-dealkylation sites (tertiary alicyclic amines) is 1. The van der Waals surface area contributed by atoms with Gasteiger partial charge in [-0.1, -0.05) is 54.6 Å². The molecule has 1 aromatic heterocycles. The summed E-state index contributed by atoms with van der Waals surface area (Å²) in [5, 5.41) is 0. The molecule has 4 rings (SSSR count). The van der Waals surface area contributed by atoms with E-state index in [1.54, 1.807) is 6.20 Å². The average molecular weight is 386 g/mol. The van der Waals surface area contributed by atoms with Crippen LogP contribution in [0.15, 0.2) is 83.8 Å². The molecule has 1 N–H and O–H groups in total. The van der Waals surface area contributed by atoms with Crippen molar-refractivity contribution < 1.29 is 4.74 Å². The smallest absolute Gasteiger partial charge is 0.252 e. The number of piperidine rings is 1. The summed E-state index contributed by atoms with van der Waals surface area (Å²) in [7, 11) is 0. The number of allylic oxidation sites excluding steroid dienone is 1. The molecule has 0 spiro atoms. The first kappa shape index (κ1) is 19.2. The molecule has 3 aromatic rings. The zero-order valence-electron chi connectivity index (χ0n) is 16.5. The van der Waals surface area contributed by atoms with Crippen molar-refractivity contribution in [2.24, 2.45) is 5.92 Å². The topological polar surface area (TPSA) is 45.3 Å². The van der Waals surface area contributed by atoms with E-state index in [-0.39, 0.29) is 5.56 Å². The number of H-pyrrole nitrogens is 1. The number of rotatable bonds is 6. The Kier molecular flexibility index (Phi) is 6.22. The Balaban J connectivity index is 1.35. The van der Waals surface area contributed by atoms with E-state index in [0.717, 1.165) is 55.1 Å². The molecule has 29 heavy (non-hydrogen) atoms. The van der Waals surface area contributed by atoms with E-state index >= 15 is 0 Å². The number of pyridine rings is 1. The van der Waals surface area contributed by atoms with Crippen molar-refractivity contribution in [2.75, 3.05) is 13.1 Å². The van der Waals surface area contributed by atoms with Crippen molar-refractivity contribution in [2.45, 2.75) is 19.4 Å². The molecule has 4 nitrogen and oxygen atoms in total. The molecule has 1 saturated heterocycles. The van der Waals surface area contributed by atoms with Gasteiger partial charge in [0.15, 0.2) is 0 Å². The third kappa shape index (κ3) is 5.24. The Labute approximate surface area is 171 Å². The van der Waals surface area contributed by atoms with Crippen LogP contribution in [-0.2, 0) is 6.54 Å². The summed E-state index contributed by atoms with van der Waals surface area (Å²) in [5.41, 5.74) is 1.95. The van der Waals surface area contributed by atoms with E-state index in [1.807, 2.05) is 60.7 Å². The van der Waals surface area contributed by atoms with Gasteiger partial charge in [0, 0.05) is 23.9 Å². The van der Waals surface area contributed by atoms with Crippen LogP contribution in [0.25, 0.3) is 6.08 Å². The highest BCUT2D eigenvalue weighted by molar-refractivity contribution is 5.58. The maximum Gasteiger partial charge on any atom is 0.252 e. The van der Waals surface area contributed by atoms with Gasteiger partial charge in [-0.3, -0.25) is 9.69 Å². The van der Waals surface area contributed by atoms with Crippen molar-refractivity contribution in [1.82, 2.24) is 9.88 Å². The van der Waals surface area contributed by atoms with E-state index in [4.69, 9.17) is 4.74 Å². The van der Waals surface area contributed by atoms with E-state index in [2.05, 4.69) is 28.1 Å². The number of ether oxygens (including phenoxy) is 1. The maximum absolute atomic E-state index is 11.9. The van der Waals surface area contributed by atoms with E-state index < -0.39 is 0 Å². The number of hydrogen-bond donors (Lipinski definition) is 1. The Bertz CT molecular complexity index is 1000. The second-order valence-corrected chi connectivity index (χ2v) is 7.45. The first-order chi connectivity index (χ1) is 14.3. The Morgan fingerprint density at radius 2 is 1.72 bits per heavy atom. The summed E-state index contributed by atoms with van der Waals surface area (Å²) in [6.07, 6.45) is 8.37. The Hall–Kier alpha value is -3.11. The summed E-state index contributed by atoms with van der Waals surface area (Å²) >= 11 is 0. The van der Waals surface area contributed by atoms with E-state index in [0.29, 0.717) is 5.92 Å². The van der Waals surface area contributed by atoms with Gasteiger partial charge in [0.2, 0.25) is 0 Å². The molecular weight excluding hydrogens is 360 g/mol. The molecule has 0 bridgehead atoms. The summed E-state index contributed by atoms with van der Waals surface area (Å²) in [6, 6.07) is 21.8. The highest BCUT2D eigenvalue weighted by Crippen LogP contribution is 2.27. The van der Waals surface area contributed by atoms with Gasteiger partial charge in [0.05, 0.1) is 0 Å². The van der Waals surface area contributed by atoms with Crippen LogP contribution in [0.2, 0.25) is 0 Å². The predicted molar refractivity (Wildman–Crippen MR) is 117 cm³/mol. The van der Waals surface area contributed by atoms with Gasteiger partial charge in [-0.2, -0.15) is 0 Å². The first-order valence-corrected chi connectivity index (χ1v) is 10.2. The Morgan fingerprint density at radius 1 is 0.966 bits per heavy atom. The maximum atomic E-state index is 11.9. The van der Waals surface area contributed by atoms with Gasteiger partial charge in [-0.05, 0) is 56.1 Å². The molecule has 1 fully saturated rings. The summed E-state index contributed by atoms with van der Waals surface area (Å²) in [6.45, 7) is 2.73. The third-order valence-electron chi connectivity index (χ3n) is 5.36. The number of benzene rings is 2. The van der Waals surface area contributed by atoms with Crippen LogP contribution in [0, 0.1) is 5.92 Å². The largest absolute Gasteiger partial charge is 0.457 e. The number of hydrogen-bond acceptors (Lipinski definition) is 3. The third-order valence-corrected chi connectivity index (χ3v) is 5.36. The predicted octanol–water partition coefficient (Wildman–Crippen LogP) is 5.09. The second-order valence-electron chi connectivity index (χ2n) is 7.45. The van der Waals surface area contributed by atoms with Crippen LogP contribution in [0.1, 0.15) is 24.0 Å². The van der Waals surface area contributed by atoms with E-state index in [9.17, 15) is 4.79 Å². The molecule has 2 heterocycles. The monoisotopic (exact) mass is 386 g/mol. The zero-order chi connectivity index (χ0) is 19.9. The lowest BCUT2D eigenvalue weighted by atomic mass is 9.95. The molecule has 148 valence electrons. The van der Waals surface area contributed by atoms with Gasteiger partial charge in [0.1, 0.15) is 11.5 Å². The molecule has 0 saturated carbocycles. The first-order valence-electron chi connectivity index (χ1n) is 10.2. The number of para-hydroxylation sites is 2. The quantitative estimate of drug-likeness (QED) is 0.642. The second kappa shape index (κ2) is 9.39. The lowest BCUT2D eigenvalue weighted by Gasteiger charge is -2.30. The van der Waals surface area contributed by atoms with Gasteiger partial charge >= 0.3 is 0 Å². The molecule has 0 aliphatic carbocycles. The minimum atomic E-state index is 0.0181. The van der Waals surface area contributed by atoms with Gasteiger partial charge < -0.3 is 9.72 Å². The highest BCUT2D eigenvalue weighted by Gasteiger charge is 2.18. The van der Waals surface area contributed by atoms with Crippen molar-refractivity contribution in [3.8, 4) is 11.5 Å². The minimum Gasteiger partial charge on any atom is -0.457 e. The lowest BCUT2D eigenvalue weighted by molar-refractivity contribution is 0.195.